The van der Waals surface area contributed by atoms with Gasteiger partial charge in [0.2, 0.25) is 0 Å². The minimum atomic E-state index is -0.134. The molecular weight excluding hydrogens is 266 g/mol. The van der Waals surface area contributed by atoms with Crippen molar-refractivity contribution in [3.63, 3.8) is 0 Å². The van der Waals surface area contributed by atoms with E-state index < -0.39 is 0 Å². The molecule has 0 unspecified atom stereocenters. The molecule has 0 aliphatic carbocycles. The van der Waals surface area contributed by atoms with Gasteiger partial charge in [0.1, 0.15) is 0 Å². The third-order valence-corrected chi connectivity index (χ3v) is 3.63. The van der Waals surface area contributed by atoms with Gasteiger partial charge in [-0.15, -0.1) is 0 Å². The maximum absolute atomic E-state index is 11.8. The van der Waals surface area contributed by atoms with Crippen molar-refractivity contribution in [3.8, 4) is 0 Å². The van der Waals surface area contributed by atoms with E-state index in [1.807, 2.05) is 18.2 Å². The maximum Gasteiger partial charge on any atom is 0.319 e. The summed E-state index contributed by atoms with van der Waals surface area (Å²) in [4.78, 5) is 14.2. The zero-order chi connectivity index (χ0) is 14.9. The number of anilines is 1. The molecule has 2 N–H and O–H groups in total. The highest BCUT2D eigenvalue weighted by Crippen LogP contribution is 2.10. The SMILES string of the molecule is CCc1cccc(NC(=O)NCCCN2CCOCC2)c1. The molecule has 5 heteroatoms. The van der Waals surface area contributed by atoms with Crippen LogP contribution in [-0.2, 0) is 11.2 Å². The van der Waals surface area contributed by atoms with Crippen molar-refractivity contribution in [3.05, 3.63) is 29.8 Å². The fraction of sp³-hybridized carbons (Fsp3) is 0.562. The number of hydrogen-bond donors (Lipinski definition) is 2. The number of rotatable bonds is 6. The van der Waals surface area contributed by atoms with Crippen molar-refractivity contribution in [2.75, 3.05) is 44.7 Å². The van der Waals surface area contributed by atoms with Crippen LogP contribution in [0.25, 0.3) is 0 Å². The summed E-state index contributed by atoms with van der Waals surface area (Å²) in [5.74, 6) is 0. The lowest BCUT2D eigenvalue weighted by atomic mass is 10.1. The average Bonchev–Trinajstić information content (AvgIpc) is 2.53. The highest BCUT2D eigenvalue weighted by atomic mass is 16.5. The molecule has 116 valence electrons. The highest BCUT2D eigenvalue weighted by Gasteiger charge is 2.09. The lowest BCUT2D eigenvalue weighted by Gasteiger charge is -2.26. The molecule has 0 aromatic heterocycles. The molecule has 0 spiro atoms. The number of carbonyl (C=O) groups is 1. The zero-order valence-electron chi connectivity index (χ0n) is 12.7. The zero-order valence-corrected chi connectivity index (χ0v) is 12.7. The normalized spacial score (nSPS) is 15.7. The number of nitrogens with one attached hydrogen (secondary N) is 2. The van der Waals surface area contributed by atoms with Gasteiger partial charge in [0.25, 0.3) is 0 Å². The van der Waals surface area contributed by atoms with Gasteiger partial charge in [0, 0.05) is 25.3 Å². The first-order valence-electron chi connectivity index (χ1n) is 7.72. The van der Waals surface area contributed by atoms with Gasteiger partial charge >= 0.3 is 6.03 Å². The fourth-order valence-corrected chi connectivity index (χ4v) is 2.37. The number of hydrogen-bond acceptors (Lipinski definition) is 3. The van der Waals surface area contributed by atoms with Crippen molar-refractivity contribution in [1.82, 2.24) is 10.2 Å². The summed E-state index contributed by atoms with van der Waals surface area (Å²) < 4.78 is 5.31. The van der Waals surface area contributed by atoms with Crippen molar-refractivity contribution < 1.29 is 9.53 Å². The first-order chi connectivity index (χ1) is 10.3. The first kappa shape index (κ1) is 15.8. The van der Waals surface area contributed by atoms with Gasteiger partial charge < -0.3 is 15.4 Å². The Kier molecular flexibility index (Phi) is 6.50. The Bertz CT molecular complexity index is 445. The van der Waals surface area contributed by atoms with E-state index in [0.29, 0.717) is 6.54 Å². The van der Waals surface area contributed by atoms with E-state index in [1.54, 1.807) is 0 Å². The van der Waals surface area contributed by atoms with Crippen molar-refractivity contribution in [1.29, 1.82) is 0 Å². The van der Waals surface area contributed by atoms with Crippen LogP contribution in [0, 0.1) is 0 Å². The lowest BCUT2D eigenvalue weighted by molar-refractivity contribution is 0.0375. The number of nitrogens with zero attached hydrogens (tertiary/aromatic N) is 1. The van der Waals surface area contributed by atoms with Crippen molar-refractivity contribution in [2.45, 2.75) is 19.8 Å². The Balaban J connectivity index is 1.62. The van der Waals surface area contributed by atoms with Crippen LogP contribution in [0.5, 0.6) is 0 Å². The van der Waals surface area contributed by atoms with E-state index in [2.05, 4.69) is 28.5 Å². The van der Waals surface area contributed by atoms with Crippen LogP contribution in [0.2, 0.25) is 0 Å². The average molecular weight is 291 g/mol. The standard InChI is InChI=1S/C16H25N3O2/c1-2-14-5-3-6-15(13-14)18-16(20)17-7-4-8-19-9-11-21-12-10-19/h3,5-6,13H,2,4,7-12H2,1H3,(H2,17,18,20). The van der Waals surface area contributed by atoms with E-state index in [9.17, 15) is 4.79 Å². The molecule has 1 aliphatic heterocycles. The van der Waals surface area contributed by atoms with Crippen molar-refractivity contribution >= 4 is 11.7 Å². The number of aryl methyl sites for hydroxylation is 1. The van der Waals surface area contributed by atoms with Gasteiger partial charge in [-0.05, 0) is 37.1 Å². The van der Waals surface area contributed by atoms with Crippen LogP contribution in [0.15, 0.2) is 24.3 Å². The largest absolute Gasteiger partial charge is 0.379 e. The Labute approximate surface area is 126 Å². The first-order valence-corrected chi connectivity index (χ1v) is 7.72. The molecule has 2 rings (SSSR count). The molecule has 1 heterocycles. The molecule has 21 heavy (non-hydrogen) atoms. The van der Waals surface area contributed by atoms with Gasteiger partial charge in [-0.2, -0.15) is 0 Å². The summed E-state index contributed by atoms with van der Waals surface area (Å²) in [6.45, 7) is 7.44. The second-order valence-corrected chi connectivity index (χ2v) is 5.24. The van der Waals surface area contributed by atoms with Gasteiger partial charge in [0.15, 0.2) is 0 Å². The Hall–Kier alpha value is -1.59. The number of carbonyl (C=O) groups excluding carboxylic acids is 1. The van der Waals surface area contributed by atoms with E-state index in [0.717, 1.165) is 51.4 Å². The van der Waals surface area contributed by atoms with Crippen LogP contribution < -0.4 is 10.6 Å². The minimum absolute atomic E-state index is 0.134. The molecule has 1 aromatic carbocycles. The third-order valence-electron chi connectivity index (χ3n) is 3.63. The number of amides is 2. The molecule has 0 saturated carbocycles. The van der Waals surface area contributed by atoms with Crippen LogP contribution in [0.4, 0.5) is 10.5 Å². The molecule has 0 atom stereocenters. The summed E-state index contributed by atoms with van der Waals surface area (Å²) in [6.07, 6.45) is 1.93. The quantitative estimate of drug-likeness (QED) is 0.789. The molecule has 5 nitrogen and oxygen atoms in total. The van der Waals surface area contributed by atoms with Crippen LogP contribution in [0.3, 0.4) is 0 Å². The van der Waals surface area contributed by atoms with Crippen LogP contribution >= 0.6 is 0 Å². The van der Waals surface area contributed by atoms with E-state index in [1.165, 1.54) is 5.56 Å². The number of benzene rings is 1. The summed E-state index contributed by atoms with van der Waals surface area (Å²) in [6, 6.07) is 7.81. The van der Waals surface area contributed by atoms with Crippen molar-refractivity contribution in [2.24, 2.45) is 0 Å². The lowest BCUT2D eigenvalue weighted by Crippen LogP contribution is -2.38. The predicted molar refractivity (Wildman–Crippen MR) is 84.7 cm³/mol. The second-order valence-electron chi connectivity index (χ2n) is 5.24. The molecule has 0 radical (unpaired) electrons. The van der Waals surface area contributed by atoms with Crippen LogP contribution in [0.1, 0.15) is 18.9 Å². The number of ether oxygens (including phenoxy) is 1. The van der Waals surface area contributed by atoms with Gasteiger partial charge in [-0.3, -0.25) is 4.90 Å². The highest BCUT2D eigenvalue weighted by molar-refractivity contribution is 5.89. The van der Waals surface area contributed by atoms with E-state index in [4.69, 9.17) is 4.74 Å². The third kappa shape index (κ3) is 5.73. The van der Waals surface area contributed by atoms with Gasteiger partial charge in [-0.25, -0.2) is 4.79 Å². The Morgan fingerprint density at radius 3 is 2.90 bits per heavy atom. The Morgan fingerprint density at radius 2 is 2.14 bits per heavy atom. The van der Waals surface area contributed by atoms with Gasteiger partial charge in [-0.1, -0.05) is 19.1 Å². The van der Waals surface area contributed by atoms with E-state index >= 15 is 0 Å². The van der Waals surface area contributed by atoms with E-state index in [-0.39, 0.29) is 6.03 Å². The maximum atomic E-state index is 11.8. The molecule has 2 amide bonds. The summed E-state index contributed by atoms with van der Waals surface area (Å²) in [5.41, 5.74) is 2.07. The summed E-state index contributed by atoms with van der Waals surface area (Å²) in [5, 5.41) is 5.77. The fourth-order valence-electron chi connectivity index (χ4n) is 2.37. The summed E-state index contributed by atoms with van der Waals surface area (Å²) in [7, 11) is 0. The minimum Gasteiger partial charge on any atom is -0.379 e. The predicted octanol–water partition coefficient (Wildman–Crippen LogP) is 2.09. The topological polar surface area (TPSA) is 53.6 Å². The molecule has 1 saturated heterocycles. The smallest absolute Gasteiger partial charge is 0.319 e. The molecule has 1 fully saturated rings. The van der Waals surface area contributed by atoms with Gasteiger partial charge in [0.05, 0.1) is 13.2 Å². The molecule has 1 aromatic rings. The Morgan fingerprint density at radius 1 is 1.33 bits per heavy atom. The monoisotopic (exact) mass is 291 g/mol. The second kappa shape index (κ2) is 8.64. The summed E-state index contributed by atoms with van der Waals surface area (Å²) >= 11 is 0. The molecule has 0 bridgehead atoms. The number of morpholine rings is 1. The molecule has 1 aliphatic rings. The van der Waals surface area contributed by atoms with Crippen LogP contribution in [-0.4, -0.2) is 50.3 Å². The number of urea groups is 1. The molecular formula is C16H25N3O2.